The number of benzene rings is 2. The van der Waals surface area contributed by atoms with Crippen LogP contribution >= 0.6 is 11.3 Å². The summed E-state index contributed by atoms with van der Waals surface area (Å²) in [4.78, 5) is 19.6. The third kappa shape index (κ3) is 3.13. The molecule has 0 radical (unpaired) electrons. The van der Waals surface area contributed by atoms with Gasteiger partial charge in [0.2, 0.25) is 0 Å². The predicted octanol–water partition coefficient (Wildman–Crippen LogP) is 5.35. The number of thiazole rings is 1. The summed E-state index contributed by atoms with van der Waals surface area (Å²) in [6.45, 7) is 4.47. The monoisotopic (exact) mass is 362 g/mol. The zero-order valence-electron chi connectivity index (χ0n) is 14.6. The molecule has 0 aliphatic rings. The maximum atomic E-state index is 13.2. The molecule has 26 heavy (non-hydrogen) atoms. The van der Waals surface area contributed by atoms with E-state index in [1.54, 1.807) is 11.2 Å². The number of furan rings is 1. The molecule has 0 spiro atoms. The van der Waals surface area contributed by atoms with Crippen molar-refractivity contribution in [3.05, 3.63) is 83.3 Å². The van der Waals surface area contributed by atoms with Crippen molar-refractivity contribution in [1.29, 1.82) is 0 Å². The number of aromatic nitrogens is 1. The lowest BCUT2D eigenvalue weighted by Gasteiger charge is -2.18. The maximum Gasteiger partial charge on any atom is 0.260 e. The van der Waals surface area contributed by atoms with Crippen LogP contribution in [0, 0.1) is 13.8 Å². The van der Waals surface area contributed by atoms with Gasteiger partial charge in [-0.2, -0.15) is 0 Å². The highest BCUT2D eigenvalue weighted by molar-refractivity contribution is 7.22. The van der Waals surface area contributed by atoms with Crippen LogP contribution in [0.2, 0.25) is 0 Å². The Morgan fingerprint density at radius 2 is 1.92 bits per heavy atom. The lowest BCUT2D eigenvalue weighted by Crippen LogP contribution is -2.30. The summed E-state index contributed by atoms with van der Waals surface area (Å²) in [7, 11) is 0. The van der Waals surface area contributed by atoms with Gasteiger partial charge in [-0.05, 0) is 55.3 Å². The molecule has 4 rings (SSSR count). The molecule has 4 nitrogen and oxygen atoms in total. The molecular formula is C21H18N2O2S. The fourth-order valence-corrected chi connectivity index (χ4v) is 4.13. The van der Waals surface area contributed by atoms with Crippen molar-refractivity contribution in [2.24, 2.45) is 0 Å². The first-order valence-electron chi connectivity index (χ1n) is 8.39. The Hall–Kier alpha value is -2.92. The van der Waals surface area contributed by atoms with Gasteiger partial charge >= 0.3 is 0 Å². The number of fused-ring (bicyclic) bond motifs is 1. The van der Waals surface area contributed by atoms with Gasteiger partial charge in [0.05, 0.1) is 23.0 Å². The normalized spacial score (nSPS) is 11.0. The Bertz CT molecular complexity index is 1050. The molecule has 130 valence electrons. The van der Waals surface area contributed by atoms with Crippen LogP contribution in [-0.2, 0) is 6.54 Å². The molecule has 0 unspecified atom stereocenters. The van der Waals surface area contributed by atoms with Crippen molar-refractivity contribution >= 4 is 32.6 Å². The van der Waals surface area contributed by atoms with Crippen molar-refractivity contribution in [3.8, 4) is 0 Å². The van der Waals surface area contributed by atoms with Gasteiger partial charge in [0.15, 0.2) is 5.13 Å². The SMILES string of the molecule is Cc1cc(C)c2nc(N(Cc3ccco3)C(=O)c3ccccc3)sc2c1. The third-order valence-corrected chi connectivity index (χ3v) is 5.23. The summed E-state index contributed by atoms with van der Waals surface area (Å²) >= 11 is 1.53. The number of nitrogens with zero attached hydrogens (tertiary/aromatic N) is 2. The van der Waals surface area contributed by atoms with E-state index in [-0.39, 0.29) is 5.91 Å². The molecule has 2 aromatic heterocycles. The van der Waals surface area contributed by atoms with E-state index in [4.69, 9.17) is 9.40 Å². The Morgan fingerprint density at radius 3 is 2.65 bits per heavy atom. The number of hydrogen-bond acceptors (Lipinski definition) is 4. The number of rotatable bonds is 4. The Kier molecular flexibility index (Phi) is 4.31. The van der Waals surface area contributed by atoms with E-state index >= 15 is 0 Å². The van der Waals surface area contributed by atoms with Gasteiger partial charge in [-0.3, -0.25) is 9.69 Å². The van der Waals surface area contributed by atoms with Gasteiger partial charge in [-0.15, -0.1) is 0 Å². The molecule has 0 N–H and O–H groups in total. The number of amides is 1. The zero-order valence-corrected chi connectivity index (χ0v) is 15.4. The number of carbonyl (C=O) groups excluding carboxylic acids is 1. The first-order chi connectivity index (χ1) is 12.6. The molecule has 5 heteroatoms. The summed E-state index contributed by atoms with van der Waals surface area (Å²) < 4.78 is 6.56. The van der Waals surface area contributed by atoms with Crippen LogP contribution in [0.5, 0.6) is 0 Å². The van der Waals surface area contributed by atoms with Crippen LogP contribution in [-0.4, -0.2) is 10.9 Å². The second-order valence-electron chi connectivity index (χ2n) is 6.26. The van der Waals surface area contributed by atoms with E-state index in [1.807, 2.05) is 42.5 Å². The van der Waals surface area contributed by atoms with Crippen molar-refractivity contribution in [2.45, 2.75) is 20.4 Å². The first-order valence-corrected chi connectivity index (χ1v) is 9.20. The highest BCUT2D eigenvalue weighted by Gasteiger charge is 2.23. The van der Waals surface area contributed by atoms with Crippen LogP contribution in [0.25, 0.3) is 10.2 Å². The Labute approximate surface area is 155 Å². The summed E-state index contributed by atoms with van der Waals surface area (Å²) in [5.74, 6) is 0.636. The fourth-order valence-electron chi connectivity index (χ4n) is 3.00. The summed E-state index contributed by atoms with van der Waals surface area (Å²) in [6, 6.07) is 17.2. The van der Waals surface area contributed by atoms with Crippen molar-refractivity contribution in [2.75, 3.05) is 4.90 Å². The quantitative estimate of drug-likeness (QED) is 0.491. The molecule has 0 atom stereocenters. The van der Waals surface area contributed by atoms with E-state index in [0.717, 1.165) is 21.5 Å². The smallest absolute Gasteiger partial charge is 0.260 e. The second kappa shape index (κ2) is 6.77. The van der Waals surface area contributed by atoms with E-state index in [9.17, 15) is 4.79 Å². The number of hydrogen-bond donors (Lipinski definition) is 0. The van der Waals surface area contributed by atoms with Gasteiger partial charge in [-0.1, -0.05) is 35.6 Å². The lowest BCUT2D eigenvalue weighted by molar-refractivity contribution is 0.0983. The summed E-state index contributed by atoms with van der Waals surface area (Å²) in [6.07, 6.45) is 1.62. The first kappa shape index (κ1) is 16.5. The van der Waals surface area contributed by atoms with Crippen LogP contribution in [0.15, 0.2) is 65.3 Å². The molecule has 1 amide bonds. The zero-order chi connectivity index (χ0) is 18.1. The van der Waals surface area contributed by atoms with Gasteiger partial charge in [-0.25, -0.2) is 4.98 Å². The molecule has 4 aromatic rings. The summed E-state index contributed by atoms with van der Waals surface area (Å²) in [5, 5.41) is 0.680. The molecule has 0 aliphatic carbocycles. The van der Waals surface area contributed by atoms with Gasteiger partial charge in [0.25, 0.3) is 5.91 Å². The Morgan fingerprint density at radius 1 is 1.12 bits per heavy atom. The highest BCUT2D eigenvalue weighted by Crippen LogP contribution is 2.33. The Balaban J connectivity index is 1.80. The van der Waals surface area contributed by atoms with Crippen molar-refractivity contribution < 1.29 is 9.21 Å². The molecule has 0 bridgehead atoms. The number of anilines is 1. The largest absolute Gasteiger partial charge is 0.467 e. The van der Waals surface area contributed by atoms with E-state index in [0.29, 0.717) is 17.2 Å². The predicted molar refractivity (Wildman–Crippen MR) is 105 cm³/mol. The van der Waals surface area contributed by atoms with Crippen molar-refractivity contribution in [1.82, 2.24) is 4.98 Å². The number of carbonyl (C=O) groups is 1. The van der Waals surface area contributed by atoms with Crippen LogP contribution < -0.4 is 4.90 Å². The topological polar surface area (TPSA) is 46.3 Å². The average molecular weight is 362 g/mol. The molecule has 0 aliphatic heterocycles. The lowest BCUT2D eigenvalue weighted by atomic mass is 10.1. The summed E-state index contributed by atoms with van der Waals surface area (Å²) in [5.41, 5.74) is 3.89. The van der Waals surface area contributed by atoms with Crippen molar-refractivity contribution in [3.63, 3.8) is 0 Å². The van der Waals surface area contributed by atoms with Crippen LogP contribution in [0.4, 0.5) is 5.13 Å². The molecule has 0 saturated heterocycles. The highest BCUT2D eigenvalue weighted by atomic mass is 32.1. The third-order valence-electron chi connectivity index (χ3n) is 4.21. The minimum Gasteiger partial charge on any atom is -0.467 e. The minimum atomic E-state index is -0.0876. The average Bonchev–Trinajstić information content (AvgIpc) is 3.29. The molecular weight excluding hydrogens is 344 g/mol. The minimum absolute atomic E-state index is 0.0876. The molecule has 0 saturated carbocycles. The second-order valence-corrected chi connectivity index (χ2v) is 7.27. The van der Waals surface area contributed by atoms with E-state index < -0.39 is 0 Å². The van der Waals surface area contributed by atoms with Gasteiger partial charge in [0, 0.05) is 5.56 Å². The molecule has 2 heterocycles. The molecule has 2 aromatic carbocycles. The van der Waals surface area contributed by atoms with Gasteiger partial charge < -0.3 is 4.42 Å². The van der Waals surface area contributed by atoms with Crippen LogP contribution in [0.1, 0.15) is 27.2 Å². The van der Waals surface area contributed by atoms with E-state index in [1.165, 1.54) is 16.9 Å². The fraction of sp³-hybridized carbons (Fsp3) is 0.143. The number of aryl methyl sites for hydroxylation is 2. The van der Waals surface area contributed by atoms with Gasteiger partial charge in [0.1, 0.15) is 5.76 Å². The molecule has 0 fully saturated rings. The van der Waals surface area contributed by atoms with Crippen LogP contribution in [0.3, 0.4) is 0 Å². The standard InChI is InChI=1S/C21H18N2O2S/c1-14-11-15(2)19-18(12-14)26-21(22-19)23(13-17-9-6-10-25-17)20(24)16-7-4-3-5-8-16/h3-12H,13H2,1-2H3. The van der Waals surface area contributed by atoms with E-state index in [2.05, 4.69) is 26.0 Å². The maximum absolute atomic E-state index is 13.2.